The highest BCUT2D eigenvalue weighted by molar-refractivity contribution is 9.10. The number of nitrogens with one attached hydrogen (secondary N) is 1. The molecule has 0 bridgehead atoms. The van der Waals surface area contributed by atoms with Crippen LogP contribution in [0.5, 0.6) is 0 Å². The molecule has 3 nitrogen and oxygen atoms in total. The highest BCUT2D eigenvalue weighted by atomic mass is 79.9. The monoisotopic (exact) mass is 270 g/mol. The summed E-state index contributed by atoms with van der Waals surface area (Å²) in [5.41, 5.74) is 5.23. The smallest absolute Gasteiger partial charge is 0.113 e. The number of hydroxylamine groups is 1. The van der Waals surface area contributed by atoms with Crippen LogP contribution in [0, 0.1) is 0 Å². The molecule has 0 fully saturated rings. The number of nitrogens with zero attached hydrogens (tertiary/aromatic N) is 1. The molecule has 0 spiro atoms. The van der Waals surface area contributed by atoms with Gasteiger partial charge in [0.1, 0.15) is 6.34 Å². The zero-order valence-electron chi connectivity index (χ0n) is 8.92. The Labute approximate surface area is 98.3 Å². The summed E-state index contributed by atoms with van der Waals surface area (Å²) < 4.78 is 1.08. The second kappa shape index (κ2) is 5.88. The summed E-state index contributed by atoms with van der Waals surface area (Å²) in [6.45, 7) is 4.18. The van der Waals surface area contributed by atoms with Gasteiger partial charge in [-0.15, -0.1) is 0 Å². The largest absolute Gasteiger partial charge is 0.290 e. The first kappa shape index (κ1) is 12.2. The van der Waals surface area contributed by atoms with Crippen molar-refractivity contribution in [3.63, 3.8) is 0 Å². The van der Waals surface area contributed by atoms with E-state index in [4.69, 9.17) is 5.21 Å². The molecular weight excluding hydrogens is 256 g/mol. The lowest BCUT2D eigenvalue weighted by molar-refractivity contribution is 0.240. The molecule has 15 heavy (non-hydrogen) atoms. The third kappa shape index (κ3) is 3.04. The van der Waals surface area contributed by atoms with E-state index in [1.807, 2.05) is 5.48 Å². The van der Waals surface area contributed by atoms with Gasteiger partial charge in [0.25, 0.3) is 0 Å². The van der Waals surface area contributed by atoms with Gasteiger partial charge in [0.2, 0.25) is 0 Å². The number of hydrogen-bond donors (Lipinski definition) is 2. The fraction of sp³-hybridized carbons (Fsp3) is 0.364. The van der Waals surface area contributed by atoms with Crippen LogP contribution in [0.15, 0.2) is 21.6 Å². The molecule has 0 saturated heterocycles. The van der Waals surface area contributed by atoms with E-state index in [-0.39, 0.29) is 0 Å². The number of aryl methyl sites for hydroxylation is 2. The number of benzene rings is 1. The predicted octanol–water partition coefficient (Wildman–Crippen LogP) is 3.21. The van der Waals surface area contributed by atoms with Crippen LogP contribution in [-0.4, -0.2) is 11.5 Å². The van der Waals surface area contributed by atoms with Gasteiger partial charge in [-0.1, -0.05) is 29.8 Å². The second-order valence-corrected chi connectivity index (χ2v) is 4.08. The summed E-state index contributed by atoms with van der Waals surface area (Å²) in [7, 11) is 0. The molecule has 1 rings (SSSR count). The van der Waals surface area contributed by atoms with Crippen LogP contribution in [0.3, 0.4) is 0 Å². The van der Waals surface area contributed by atoms with Crippen molar-refractivity contribution < 1.29 is 5.21 Å². The van der Waals surface area contributed by atoms with Crippen molar-refractivity contribution >= 4 is 28.0 Å². The third-order valence-electron chi connectivity index (χ3n) is 2.25. The minimum absolute atomic E-state index is 0.921. The molecule has 0 aliphatic rings. The van der Waals surface area contributed by atoms with Gasteiger partial charge in [-0.2, -0.15) is 0 Å². The quantitative estimate of drug-likeness (QED) is 0.501. The Morgan fingerprint density at radius 1 is 1.33 bits per heavy atom. The average molecular weight is 271 g/mol. The number of halogens is 1. The fourth-order valence-corrected chi connectivity index (χ4v) is 2.07. The van der Waals surface area contributed by atoms with Gasteiger partial charge >= 0.3 is 0 Å². The molecule has 0 atom stereocenters. The molecule has 0 heterocycles. The molecule has 0 amide bonds. The van der Waals surface area contributed by atoms with Crippen molar-refractivity contribution in [1.82, 2.24) is 5.48 Å². The van der Waals surface area contributed by atoms with E-state index in [9.17, 15) is 0 Å². The zero-order valence-corrected chi connectivity index (χ0v) is 10.5. The van der Waals surface area contributed by atoms with Crippen molar-refractivity contribution in [2.75, 3.05) is 0 Å². The number of rotatable bonds is 4. The second-order valence-electron chi connectivity index (χ2n) is 3.17. The van der Waals surface area contributed by atoms with Crippen LogP contribution in [-0.2, 0) is 12.8 Å². The Bertz CT molecular complexity index is 339. The topological polar surface area (TPSA) is 44.6 Å². The SMILES string of the molecule is CCc1cc(Br)cc(CC)c1N=CNO. The minimum atomic E-state index is 0.921. The molecule has 0 aliphatic heterocycles. The van der Waals surface area contributed by atoms with E-state index < -0.39 is 0 Å². The predicted molar refractivity (Wildman–Crippen MR) is 66.0 cm³/mol. The molecule has 0 unspecified atom stereocenters. The van der Waals surface area contributed by atoms with Gasteiger partial charge in [-0.05, 0) is 36.1 Å². The molecule has 0 saturated carbocycles. The Hall–Kier alpha value is -0.870. The van der Waals surface area contributed by atoms with Gasteiger partial charge in [-0.3, -0.25) is 10.7 Å². The maximum Gasteiger partial charge on any atom is 0.113 e. The average Bonchev–Trinajstić information content (AvgIpc) is 2.26. The lowest BCUT2D eigenvalue weighted by Gasteiger charge is -2.09. The molecule has 2 N–H and O–H groups in total. The normalized spacial score (nSPS) is 10.9. The molecular formula is C11H15BrN2O. The number of hydrogen-bond acceptors (Lipinski definition) is 2. The van der Waals surface area contributed by atoms with E-state index in [1.54, 1.807) is 0 Å². The first-order valence-electron chi connectivity index (χ1n) is 4.96. The summed E-state index contributed by atoms with van der Waals surface area (Å²) in [4.78, 5) is 4.20. The zero-order chi connectivity index (χ0) is 11.3. The summed E-state index contributed by atoms with van der Waals surface area (Å²) in [5.74, 6) is 0. The lowest BCUT2D eigenvalue weighted by Crippen LogP contribution is -2.02. The summed E-state index contributed by atoms with van der Waals surface area (Å²) in [6, 6.07) is 4.12. The Kier molecular flexibility index (Phi) is 4.78. The lowest BCUT2D eigenvalue weighted by atomic mass is 10.0. The van der Waals surface area contributed by atoms with Crippen LogP contribution < -0.4 is 5.48 Å². The van der Waals surface area contributed by atoms with Gasteiger partial charge in [0, 0.05) is 4.47 Å². The molecule has 0 radical (unpaired) electrons. The van der Waals surface area contributed by atoms with Crippen LogP contribution in [0.4, 0.5) is 5.69 Å². The number of aliphatic imine (C=N–C) groups is 1. The molecule has 0 aliphatic carbocycles. The summed E-state index contributed by atoms with van der Waals surface area (Å²) in [5, 5.41) is 8.50. The van der Waals surface area contributed by atoms with Gasteiger partial charge in [0.05, 0.1) is 5.69 Å². The molecule has 0 aromatic heterocycles. The van der Waals surface area contributed by atoms with Crippen molar-refractivity contribution in [3.8, 4) is 0 Å². The highest BCUT2D eigenvalue weighted by Crippen LogP contribution is 2.29. The van der Waals surface area contributed by atoms with Gasteiger partial charge in [0.15, 0.2) is 0 Å². The van der Waals surface area contributed by atoms with E-state index >= 15 is 0 Å². The van der Waals surface area contributed by atoms with Crippen LogP contribution in [0.1, 0.15) is 25.0 Å². The fourth-order valence-electron chi connectivity index (χ4n) is 1.52. The standard InChI is InChI=1S/C11H15BrN2O/c1-3-8-5-10(12)6-9(4-2)11(8)13-7-14-15/h5-7,15H,3-4H2,1-2H3,(H,13,14). The maximum absolute atomic E-state index is 8.50. The van der Waals surface area contributed by atoms with E-state index in [0.717, 1.165) is 23.0 Å². The van der Waals surface area contributed by atoms with Gasteiger partial charge in [-0.25, -0.2) is 4.99 Å². The summed E-state index contributed by atoms with van der Waals surface area (Å²) in [6.07, 6.45) is 3.14. The van der Waals surface area contributed by atoms with E-state index in [2.05, 4.69) is 46.9 Å². The van der Waals surface area contributed by atoms with E-state index in [0.29, 0.717) is 0 Å². The first-order chi connectivity index (χ1) is 7.22. The van der Waals surface area contributed by atoms with Gasteiger partial charge < -0.3 is 0 Å². The van der Waals surface area contributed by atoms with E-state index in [1.165, 1.54) is 17.5 Å². The first-order valence-corrected chi connectivity index (χ1v) is 5.75. The third-order valence-corrected chi connectivity index (χ3v) is 2.70. The minimum Gasteiger partial charge on any atom is -0.290 e. The summed E-state index contributed by atoms with van der Waals surface area (Å²) >= 11 is 3.48. The van der Waals surface area contributed by atoms with Crippen molar-refractivity contribution in [3.05, 3.63) is 27.7 Å². The van der Waals surface area contributed by atoms with Crippen LogP contribution in [0.25, 0.3) is 0 Å². The van der Waals surface area contributed by atoms with Crippen molar-refractivity contribution in [2.45, 2.75) is 26.7 Å². The molecule has 82 valence electrons. The Balaban J connectivity index is 3.24. The van der Waals surface area contributed by atoms with Crippen LogP contribution >= 0.6 is 15.9 Å². The highest BCUT2D eigenvalue weighted by Gasteiger charge is 2.06. The molecule has 1 aromatic rings. The Morgan fingerprint density at radius 2 is 1.87 bits per heavy atom. The maximum atomic E-state index is 8.50. The molecule has 1 aromatic carbocycles. The Morgan fingerprint density at radius 3 is 2.27 bits per heavy atom. The molecule has 4 heteroatoms. The van der Waals surface area contributed by atoms with Crippen molar-refractivity contribution in [2.24, 2.45) is 4.99 Å². The van der Waals surface area contributed by atoms with Crippen molar-refractivity contribution in [1.29, 1.82) is 0 Å². The van der Waals surface area contributed by atoms with Crippen LogP contribution in [0.2, 0.25) is 0 Å².